The minimum Gasteiger partial charge on any atom is -0.0920 e. The van der Waals surface area contributed by atoms with Gasteiger partial charge < -0.3 is 0 Å². The van der Waals surface area contributed by atoms with E-state index in [0.29, 0.717) is 0 Å². The molecule has 0 amide bonds. The van der Waals surface area contributed by atoms with Crippen molar-refractivity contribution in [2.75, 3.05) is 0 Å². The average Bonchev–Trinajstić information content (AvgIpc) is 2.94. The Morgan fingerprint density at radius 2 is 1.43 bits per heavy atom. The maximum Gasteiger partial charge on any atom is -0.00605 e. The lowest BCUT2D eigenvalue weighted by Gasteiger charge is -2.32. The second-order valence-electron chi connectivity index (χ2n) is 7.16. The highest BCUT2D eigenvalue weighted by Crippen LogP contribution is 2.64. The molecule has 3 heteroatoms. The first-order chi connectivity index (χ1) is 9.96. The highest BCUT2D eigenvalue weighted by atomic mass is 32.4. The SMILES string of the molecule is C[C@@H]1CC[C@@H](C)P1c1ccccc1P1(=S)[C@H](C)CC[C@H]1C. The molecule has 0 aromatic heterocycles. The molecule has 2 aliphatic heterocycles. The zero-order valence-corrected chi connectivity index (χ0v) is 16.4. The maximum absolute atomic E-state index is 6.40. The van der Waals surface area contributed by atoms with E-state index in [-0.39, 0.29) is 7.92 Å². The lowest BCUT2D eigenvalue weighted by Crippen LogP contribution is -2.30. The Morgan fingerprint density at radius 3 is 2.00 bits per heavy atom. The van der Waals surface area contributed by atoms with Gasteiger partial charge in [-0.1, -0.05) is 71.7 Å². The quantitative estimate of drug-likeness (QED) is 0.681. The fourth-order valence-corrected chi connectivity index (χ4v) is 13.5. The van der Waals surface area contributed by atoms with Gasteiger partial charge in [-0.15, -0.1) is 0 Å². The monoisotopic (exact) mass is 338 g/mol. The van der Waals surface area contributed by atoms with Gasteiger partial charge in [-0.3, -0.25) is 0 Å². The van der Waals surface area contributed by atoms with Crippen molar-refractivity contribution >= 4 is 36.4 Å². The summed E-state index contributed by atoms with van der Waals surface area (Å²) in [6.07, 6.45) is 5.51. The molecule has 0 saturated carbocycles. The van der Waals surface area contributed by atoms with E-state index in [4.69, 9.17) is 11.8 Å². The van der Waals surface area contributed by atoms with Crippen LogP contribution in [0.4, 0.5) is 0 Å². The Bertz CT molecular complexity index is 544. The van der Waals surface area contributed by atoms with E-state index in [0.717, 1.165) is 22.6 Å². The molecular formula is C18H28P2S. The molecule has 0 unspecified atom stereocenters. The van der Waals surface area contributed by atoms with Crippen LogP contribution in [0.2, 0.25) is 0 Å². The van der Waals surface area contributed by atoms with Gasteiger partial charge in [0.15, 0.2) is 0 Å². The predicted octanol–water partition coefficient (Wildman–Crippen LogP) is 5.04. The molecule has 116 valence electrons. The fourth-order valence-electron chi connectivity index (χ4n) is 4.42. The van der Waals surface area contributed by atoms with Gasteiger partial charge in [-0.25, -0.2) is 0 Å². The molecule has 0 nitrogen and oxygen atoms in total. The summed E-state index contributed by atoms with van der Waals surface area (Å²) in [5.41, 5.74) is 3.25. The highest BCUT2D eigenvalue weighted by molar-refractivity contribution is 8.19. The van der Waals surface area contributed by atoms with Crippen LogP contribution in [0.1, 0.15) is 53.4 Å². The molecule has 3 rings (SSSR count). The molecule has 0 radical (unpaired) electrons. The summed E-state index contributed by atoms with van der Waals surface area (Å²) < 4.78 is 0. The van der Waals surface area contributed by atoms with Crippen LogP contribution >= 0.6 is 14.0 Å². The first-order valence-electron chi connectivity index (χ1n) is 8.43. The van der Waals surface area contributed by atoms with Crippen molar-refractivity contribution in [1.29, 1.82) is 0 Å². The van der Waals surface area contributed by atoms with Crippen molar-refractivity contribution in [3.8, 4) is 0 Å². The van der Waals surface area contributed by atoms with Crippen molar-refractivity contribution in [2.24, 2.45) is 0 Å². The van der Waals surface area contributed by atoms with Crippen molar-refractivity contribution in [3.05, 3.63) is 24.3 Å². The van der Waals surface area contributed by atoms with Crippen LogP contribution in [0.15, 0.2) is 24.3 Å². The molecule has 1 aromatic rings. The fraction of sp³-hybridized carbons (Fsp3) is 0.667. The van der Waals surface area contributed by atoms with Gasteiger partial charge >= 0.3 is 0 Å². The molecule has 0 bridgehead atoms. The third kappa shape index (κ3) is 2.58. The first kappa shape index (κ1) is 16.2. The van der Waals surface area contributed by atoms with E-state index in [9.17, 15) is 0 Å². The molecule has 0 spiro atoms. The largest absolute Gasteiger partial charge is 0.0920 e. The number of hydrogen-bond acceptors (Lipinski definition) is 1. The van der Waals surface area contributed by atoms with Crippen LogP contribution in [0.3, 0.4) is 0 Å². The molecule has 2 saturated heterocycles. The summed E-state index contributed by atoms with van der Waals surface area (Å²) in [4.78, 5) is 0. The molecule has 2 heterocycles. The predicted molar refractivity (Wildman–Crippen MR) is 103 cm³/mol. The first-order valence-corrected chi connectivity index (χ1v) is 12.9. The zero-order chi connectivity index (χ0) is 15.2. The third-order valence-corrected chi connectivity index (χ3v) is 16.4. The molecule has 0 aliphatic carbocycles. The maximum atomic E-state index is 6.40. The molecule has 0 N–H and O–H groups in total. The second-order valence-corrected chi connectivity index (χ2v) is 15.7. The van der Waals surface area contributed by atoms with Crippen molar-refractivity contribution < 1.29 is 0 Å². The molecule has 2 fully saturated rings. The lowest BCUT2D eigenvalue weighted by atomic mass is 10.2. The molecule has 1 aromatic carbocycles. The summed E-state index contributed by atoms with van der Waals surface area (Å²) in [5.74, 6) is 0. The Morgan fingerprint density at radius 1 is 0.905 bits per heavy atom. The zero-order valence-electron chi connectivity index (χ0n) is 13.7. The number of hydrogen-bond donors (Lipinski definition) is 0. The Kier molecular flexibility index (Phi) is 4.67. The minimum atomic E-state index is -1.40. The van der Waals surface area contributed by atoms with E-state index in [1.54, 1.807) is 10.6 Å². The van der Waals surface area contributed by atoms with Gasteiger partial charge in [-0.2, -0.15) is 0 Å². The average molecular weight is 338 g/mol. The van der Waals surface area contributed by atoms with Gasteiger partial charge in [0.1, 0.15) is 0 Å². The Hall–Kier alpha value is 0.300. The smallest absolute Gasteiger partial charge is 0.00605 e. The van der Waals surface area contributed by atoms with Gasteiger partial charge in [0.05, 0.1) is 0 Å². The van der Waals surface area contributed by atoms with Crippen molar-refractivity contribution in [3.63, 3.8) is 0 Å². The van der Waals surface area contributed by atoms with E-state index in [2.05, 4.69) is 52.0 Å². The normalized spacial score (nSPS) is 36.2. The number of rotatable bonds is 2. The van der Waals surface area contributed by atoms with Crippen LogP contribution in [-0.4, -0.2) is 22.6 Å². The van der Waals surface area contributed by atoms with E-state index in [1.165, 1.54) is 25.7 Å². The molecular weight excluding hydrogens is 310 g/mol. The second kappa shape index (κ2) is 6.07. The topological polar surface area (TPSA) is 0 Å². The highest BCUT2D eigenvalue weighted by Gasteiger charge is 2.41. The summed E-state index contributed by atoms with van der Waals surface area (Å²) in [5, 5.41) is 3.32. The Balaban J connectivity index is 2.11. The van der Waals surface area contributed by atoms with Crippen LogP contribution in [0.25, 0.3) is 0 Å². The summed E-state index contributed by atoms with van der Waals surface area (Å²) in [6.45, 7) is 9.80. The van der Waals surface area contributed by atoms with Crippen LogP contribution < -0.4 is 10.6 Å². The van der Waals surface area contributed by atoms with E-state index < -0.39 is 6.04 Å². The van der Waals surface area contributed by atoms with Gasteiger partial charge in [-0.05, 0) is 65.0 Å². The van der Waals surface area contributed by atoms with E-state index in [1.807, 2.05) is 0 Å². The minimum absolute atomic E-state index is 0.00838. The van der Waals surface area contributed by atoms with Crippen molar-refractivity contribution in [1.82, 2.24) is 0 Å². The van der Waals surface area contributed by atoms with E-state index >= 15 is 0 Å². The summed E-state index contributed by atoms with van der Waals surface area (Å²) >= 11 is 6.40. The van der Waals surface area contributed by atoms with Crippen molar-refractivity contribution in [2.45, 2.75) is 76.0 Å². The molecule has 2 aliphatic rings. The van der Waals surface area contributed by atoms with Crippen LogP contribution in [0.5, 0.6) is 0 Å². The number of benzene rings is 1. The van der Waals surface area contributed by atoms with Crippen LogP contribution in [0, 0.1) is 0 Å². The summed E-state index contributed by atoms with van der Waals surface area (Å²) in [7, 11) is -0.00838. The van der Waals surface area contributed by atoms with Crippen LogP contribution in [-0.2, 0) is 11.8 Å². The Labute approximate surface area is 136 Å². The molecule has 4 atom stereocenters. The van der Waals surface area contributed by atoms with Gasteiger partial charge in [0.25, 0.3) is 0 Å². The molecule has 21 heavy (non-hydrogen) atoms. The van der Waals surface area contributed by atoms with Gasteiger partial charge in [0.2, 0.25) is 0 Å². The third-order valence-electron chi connectivity index (χ3n) is 5.80. The lowest BCUT2D eigenvalue weighted by molar-refractivity contribution is 0.777. The van der Waals surface area contributed by atoms with Gasteiger partial charge in [0, 0.05) is 0 Å². The standard InChI is InChI=1S/C18H28P2S/c1-13-9-10-14(2)19(13)17-7-5-6-8-18(17)20(21)15(3)11-12-16(20)4/h5-8,13-16H,9-12H2,1-4H3/t13-,14-,15-,16-/m1/s1. The summed E-state index contributed by atoms with van der Waals surface area (Å²) in [6, 6.07) is 7.95.